The van der Waals surface area contributed by atoms with Crippen LogP contribution in [-0.4, -0.2) is 18.9 Å². The predicted octanol–water partition coefficient (Wildman–Crippen LogP) is 4.54. The quantitative estimate of drug-likeness (QED) is 0.734. The minimum Gasteiger partial charge on any atom is -0.372 e. The number of ketones is 1. The van der Waals surface area contributed by atoms with Crippen LogP contribution in [0.2, 0.25) is 0 Å². The summed E-state index contributed by atoms with van der Waals surface area (Å²) in [5, 5.41) is 0. The van der Waals surface area contributed by atoms with Gasteiger partial charge in [0.25, 0.3) is 0 Å². The van der Waals surface area contributed by atoms with Crippen LogP contribution in [0.3, 0.4) is 0 Å². The Morgan fingerprint density at radius 1 is 1.20 bits per heavy atom. The van der Waals surface area contributed by atoms with Gasteiger partial charge in [0.15, 0.2) is 5.78 Å². The van der Waals surface area contributed by atoms with Gasteiger partial charge < -0.3 is 4.90 Å². The van der Waals surface area contributed by atoms with Crippen LogP contribution in [0.15, 0.2) is 24.3 Å². The van der Waals surface area contributed by atoms with Crippen LogP contribution in [0.4, 0.5) is 5.69 Å². The standard InChI is InChI=1S/C18H27NO/c1-4-5-15-10-12-19(13-11-15)17-8-6-16(7-9-17)18(20)14(2)3/h6-9,14-15H,4-5,10-13H2,1-3H3. The van der Waals surface area contributed by atoms with Crippen LogP contribution in [0, 0.1) is 11.8 Å². The Morgan fingerprint density at radius 3 is 2.30 bits per heavy atom. The number of hydrogen-bond acceptors (Lipinski definition) is 2. The zero-order chi connectivity index (χ0) is 14.5. The molecule has 0 aromatic heterocycles. The molecule has 0 unspecified atom stereocenters. The molecule has 1 aromatic rings. The number of Topliss-reactive ketones (excluding diaryl/α,β-unsaturated/α-hetero) is 1. The van der Waals surface area contributed by atoms with Gasteiger partial charge in [0.05, 0.1) is 0 Å². The molecule has 2 nitrogen and oxygen atoms in total. The number of rotatable bonds is 5. The Balaban J connectivity index is 1.96. The summed E-state index contributed by atoms with van der Waals surface area (Å²) in [7, 11) is 0. The Hall–Kier alpha value is -1.31. The van der Waals surface area contributed by atoms with E-state index in [2.05, 4.69) is 24.0 Å². The molecular formula is C18H27NO. The van der Waals surface area contributed by atoms with Gasteiger partial charge in [-0.15, -0.1) is 0 Å². The molecule has 1 aromatic carbocycles. The zero-order valence-electron chi connectivity index (χ0n) is 13.1. The van der Waals surface area contributed by atoms with Crippen molar-refractivity contribution >= 4 is 11.5 Å². The van der Waals surface area contributed by atoms with Crippen molar-refractivity contribution in [1.82, 2.24) is 0 Å². The predicted molar refractivity (Wildman–Crippen MR) is 85.5 cm³/mol. The van der Waals surface area contributed by atoms with E-state index in [9.17, 15) is 4.79 Å². The smallest absolute Gasteiger partial charge is 0.165 e. The molecule has 0 radical (unpaired) electrons. The van der Waals surface area contributed by atoms with Crippen molar-refractivity contribution in [2.24, 2.45) is 11.8 Å². The summed E-state index contributed by atoms with van der Waals surface area (Å²) in [4.78, 5) is 14.4. The van der Waals surface area contributed by atoms with E-state index in [0.717, 1.165) is 24.6 Å². The van der Waals surface area contributed by atoms with Gasteiger partial charge in [0.1, 0.15) is 0 Å². The van der Waals surface area contributed by atoms with E-state index in [0.29, 0.717) is 0 Å². The van der Waals surface area contributed by atoms with Crippen molar-refractivity contribution < 1.29 is 4.79 Å². The molecule has 0 saturated carbocycles. The summed E-state index contributed by atoms with van der Waals surface area (Å²) in [6.45, 7) is 8.49. The number of anilines is 1. The fourth-order valence-electron chi connectivity index (χ4n) is 3.06. The van der Waals surface area contributed by atoms with Gasteiger partial charge in [-0.25, -0.2) is 0 Å². The van der Waals surface area contributed by atoms with Crippen LogP contribution in [0.5, 0.6) is 0 Å². The number of carbonyl (C=O) groups excluding carboxylic acids is 1. The maximum Gasteiger partial charge on any atom is 0.165 e. The van der Waals surface area contributed by atoms with E-state index in [1.54, 1.807) is 0 Å². The number of piperidine rings is 1. The van der Waals surface area contributed by atoms with Gasteiger partial charge in [-0.3, -0.25) is 4.79 Å². The van der Waals surface area contributed by atoms with Crippen LogP contribution in [0.1, 0.15) is 56.8 Å². The molecule has 0 amide bonds. The largest absolute Gasteiger partial charge is 0.372 e. The van der Waals surface area contributed by atoms with Gasteiger partial charge in [-0.2, -0.15) is 0 Å². The fraction of sp³-hybridized carbons (Fsp3) is 0.611. The molecule has 2 heteroatoms. The number of carbonyl (C=O) groups is 1. The molecule has 20 heavy (non-hydrogen) atoms. The first-order valence-electron chi connectivity index (χ1n) is 8.01. The molecule has 1 heterocycles. The monoisotopic (exact) mass is 273 g/mol. The van der Waals surface area contributed by atoms with Crippen molar-refractivity contribution in [3.63, 3.8) is 0 Å². The normalized spacial score (nSPS) is 16.7. The highest BCUT2D eigenvalue weighted by Gasteiger charge is 2.19. The molecule has 1 aliphatic heterocycles. The average Bonchev–Trinajstić information content (AvgIpc) is 2.48. The van der Waals surface area contributed by atoms with E-state index < -0.39 is 0 Å². The third-order valence-electron chi connectivity index (χ3n) is 4.35. The van der Waals surface area contributed by atoms with Crippen molar-refractivity contribution in [2.75, 3.05) is 18.0 Å². The fourth-order valence-corrected chi connectivity index (χ4v) is 3.06. The van der Waals surface area contributed by atoms with Gasteiger partial charge in [0.2, 0.25) is 0 Å². The number of nitrogens with zero attached hydrogens (tertiary/aromatic N) is 1. The second-order valence-electron chi connectivity index (χ2n) is 6.28. The maximum absolute atomic E-state index is 11.9. The first kappa shape index (κ1) is 15.1. The Bertz CT molecular complexity index is 427. The molecule has 1 aliphatic rings. The highest BCUT2D eigenvalue weighted by atomic mass is 16.1. The average molecular weight is 273 g/mol. The van der Waals surface area contributed by atoms with Crippen LogP contribution >= 0.6 is 0 Å². The number of benzene rings is 1. The maximum atomic E-state index is 11.9. The lowest BCUT2D eigenvalue weighted by atomic mass is 9.92. The molecular weight excluding hydrogens is 246 g/mol. The van der Waals surface area contributed by atoms with E-state index in [1.807, 2.05) is 26.0 Å². The zero-order valence-corrected chi connectivity index (χ0v) is 13.1. The SMILES string of the molecule is CCCC1CCN(c2ccc(C(=O)C(C)C)cc2)CC1. The summed E-state index contributed by atoms with van der Waals surface area (Å²) in [6, 6.07) is 8.18. The van der Waals surface area contributed by atoms with Gasteiger partial charge in [-0.05, 0) is 43.0 Å². The molecule has 0 atom stereocenters. The molecule has 1 fully saturated rings. The van der Waals surface area contributed by atoms with Crippen molar-refractivity contribution in [3.8, 4) is 0 Å². The minimum atomic E-state index is 0.0747. The molecule has 110 valence electrons. The first-order chi connectivity index (χ1) is 9.61. The molecule has 2 rings (SSSR count). The Labute approximate surface area is 123 Å². The highest BCUT2D eigenvalue weighted by molar-refractivity contribution is 5.97. The lowest BCUT2D eigenvalue weighted by Gasteiger charge is -2.33. The topological polar surface area (TPSA) is 20.3 Å². The lowest BCUT2D eigenvalue weighted by molar-refractivity contribution is 0.0939. The van der Waals surface area contributed by atoms with E-state index >= 15 is 0 Å². The highest BCUT2D eigenvalue weighted by Crippen LogP contribution is 2.26. The van der Waals surface area contributed by atoms with Crippen LogP contribution < -0.4 is 4.90 Å². The number of hydrogen-bond donors (Lipinski definition) is 0. The summed E-state index contributed by atoms with van der Waals surface area (Å²) >= 11 is 0. The van der Waals surface area contributed by atoms with Crippen LogP contribution in [-0.2, 0) is 0 Å². The summed E-state index contributed by atoms with van der Waals surface area (Å²) in [5.41, 5.74) is 2.10. The molecule has 0 bridgehead atoms. The van der Waals surface area contributed by atoms with E-state index in [1.165, 1.54) is 31.4 Å². The van der Waals surface area contributed by atoms with Crippen molar-refractivity contribution in [2.45, 2.75) is 46.5 Å². The van der Waals surface area contributed by atoms with Gasteiger partial charge >= 0.3 is 0 Å². The van der Waals surface area contributed by atoms with Gasteiger partial charge in [0, 0.05) is 30.3 Å². The van der Waals surface area contributed by atoms with Crippen molar-refractivity contribution in [1.29, 1.82) is 0 Å². The van der Waals surface area contributed by atoms with Crippen molar-refractivity contribution in [3.05, 3.63) is 29.8 Å². The van der Waals surface area contributed by atoms with E-state index in [-0.39, 0.29) is 11.7 Å². The third kappa shape index (κ3) is 3.62. The first-order valence-corrected chi connectivity index (χ1v) is 8.01. The van der Waals surface area contributed by atoms with Crippen LogP contribution in [0.25, 0.3) is 0 Å². The molecule has 0 spiro atoms. The second kappa shape index (κ2) is 6.92. The van der Waals surface area contributed by atoms with Gasteiger partial charge in [-0.1, -0.05) is 33.6 Å². The third-order valence-corrected chi connectivity index (χ3v) is 4.35. The second-order valence-corrected chi connectivity index (χ2v) is 6.28. The molecule has 0 N–H and O–H groups in total. The Kier molecular flexibility index (Phi) is 5.22. The minimum absolute atomic E-state index is 0.0747. The molecule has 0 aliphatic carbocycles. The summed E-state index contributed by atoms with van der Waals surface area (Å²) < 4.78 is 0. The lowest BCUT2D eigenvalue weighted by Crippen LogP contribution is -2.33. The van der Waals surface area contributed by atoms with E-state index in [4.69, 9.17) is 0 Å². The summed E-state index contributed by atoms with van der Waals surface area (Å²) in [6.07, 6.45) is 5.29. The summed E-state index contributed by atoms with van der Waals surface area (Å²) in [5.74, 6) is 1.22. The molecule has 1 saturated heterocycles. The Morgan fingerprint density at radius 2 is 1.80 bits per heavy atom.